The Morgan fingerprint density at radius 2 is 1.94 bits per heavy atom. The third-order valence-corrected chi connectivity index (χ3v) is 9.09. The van der Waals surface area contributed by atoms with Gasteiger partial charge in [-0.05, 0) is 43.4 Å². The highest BCUT2D eigenvalue weighted by molar-refractivity contribution is 7.89. The SMILES string of the molecule is O=S(=O)(c1cccc(-c2nc3c4c5c(sc4ncn3n2)CCCC5)c1)N1CCOCC1. The molecule has 3 aromatic heterocycles. The molecule has 1 fully saturated rings. The monoisotopic (exact) mass is 455 g/mol. The van der Waals surface area contributed by atoms with Gasteiger partial charge >= 0.3 is 0 Å². The molecule has 0 atom stereocenters. The van der Waals surface area contributed by atoms with E-state index in [1.165, 1.54) is 27.6 Å². The zero-order chi connectivity index (χ0) is 21.0. The summed E-state index contributed by atoms with van der Waals surface area (Å²) in [4.78, 5) is 12.1. The van der Waals surface area contributed by atoms with E-state index in [0.29, 0.717) is 37.7 Å². The number of fused-ring (bicyclic) bond motifs is 5. The summed E-state index contributed by atoms with van der Waals surface area (Å²) in [5, 5.41) is 5.71. The normalized spacial score (nSPS) is 17.9. The molecule has 6 rings (SSSR count). The number of hydrogen-bond donors (Lipinski definition) is 0. The van der Waals surface area contributed by atoms with E-state index in [1.54, 1.807) is 40.4 Å². The average molecular weight is 456 g/mol. The lowest BCUT2D eigenvalue weighted by Gasteiger charge is -2.26. The van der Waals surface area contributed by atoms with Crippen LogP contribution in [0.1, 0.15) is 23.3 Å². The maximum Gasteiger partial charge on any atom is 0.243 e. The third kappa shape index (κ3) is 3.16. The highest BCUT2D eigenvalue weighted by Gasteiger charge is 2.27. The van der Waals surface area contributed by atoms with E-state index in [0.717, 1.165) is 28.7 Å². The van der Waals surface area contributed by atoms with Crippen molar-refractivity contribution >= 4 is 37.2 Å². The van der Waals surface area contributed by atoms with Gasteiger partial charge < -0.3 is 4.74 Å². The number of rotatable bonds is 3. The van der Waals surface area contributed by atoms with E-state index in [9.17, 15) is 8.42 Å². The van der Waals surface area contributed by atoms with Crippen LogP contribution in [-0.4, -0.2) is 58.6 Å². The number of sulfonamides is 1. The highest BCUT2D eigenvalue weighted by atomic mass is 32.2. The Labute approximate surface area is 183 Å². The molecule has 0 saturated carbocycles. The number of aromatic nitrogens is 4. The number of nitrogens with zero attached hydrogens (tertiary/aromatic N) is 5. The summed E-state index contributed by atoms with van der Waals surface area (Å²) in [5.74, 6) is 0.504. The molecule has 0 unspecified atom stereocenters. The van der Waals surface area contributed by atoms with Crippen molar-refractivity contribution in [2.24, 2.45) is 0 Å². The van der Waals surface area contributed by atoms with E-state index < -0.39 is 10.0 Å². The van der Waals surface area contributed by atoms with Crippen LogP contribution in [0.15, 0.2) is 35.5 Å². The average Bonchev–Trinajstić information content (AvgIpc) is 3.41. The van der Waals surface area contributed by atoms with Crippen LogP contribution in [0, 0.1) is 0 Å². The summed E-state index contributed by atoms with van der Waals surface area (Å²) in [6, 6.07) is 6.88. The van der Waals surface area contributed by atoms with Crippen LogP contribution in [0.25, 0.3) is 27.3 Å². The fourth-order valence-corrected chi connectivity index (χ4v) is 7.09. The van der Waals surface area contributed by atoms with Crippen molar-refractivity contribution in [1.82, 2.24) is 23.9 Å². The molecule has 4 heterocycles. The highest BCUT2D eigenvalue weighted by Crippen LogP contribution is 2.37. The maximum absolute atomic E-state index is 13.1. The van der Waals surface area contributed by atoms with Crippen LogP contribution in [0.2, 0.25) is 0 Å². The molecule has 1 aliphatic carbocycles. The van der Waals surface area contributed by atoms with Crippen molar-refractivity contribution in [2.45, 2.75) is 30.6 Å². The minimum atomic E-state index is -3.58. The van der Waals surface area contributed by atoms with Crippen molar-refractivity contribution < 1.29 is 13.2 Å². The van der Waals surface area contributed by atoms with Gasteiger partial charge in [-0.3, -0.25) is 0 Å². The van der Waals surface area contributed by atoms with Crippen LogP contribution in [-0.2, 0) is 27.6 Å². The Morgan fingerprint density at radius 1 is 1.10 bits per heavy atom. The largest absolute Gasteiger partial charge is 0.379 e. The molecule has 0 spiro atoms. The smallest absolute Gasteiger partial charge is 0.243 e. The molecule has 8 nitrogen and oxygen atoms in total. The topological polar surface area (TPSA) is 89.7 Å². The second-order valence-corrected chi connectivity index (χ2v) is 10.9. The Bertz CT molecular complexity index is 1400. The Hall–Kier alpha value is -2.40. The zero-order valence-corrected chi connectivity index (χ0v) is 18.5. The third-order valence-electron chi connectivity index (χ3n) is 5.99. The fraction of sp³-hybridized carbons (Fsp3) is 0.381. The number of hydrogen-bond acceptors (Lipinski definition) is 7. The minimum Gasteiger partial charge on any atom is -0.379 e. The van der Waals surface area contributed by atoms with Crippen molar-refractivity contribution in [3.63, 3.8) is 0 Å². The molecule has 10 heteroatoms. The van der Waals surface area contributed by atoms with Crippen LogP contribution >= 0.6 is 11.3 Å². The number of aryl methyl sites for hydroxylation is 2. The second-order valence-electron chi connectivity index (χ2n) is 7.88. The van der Waals surface area contributed by atoms with Gasteiger partial charge in [0.15, 0.2) is 11.5 Å². The van der Waals surface area contributed by atoms with Crippen molar-refractivity contribution in [1.29, 1.82) is 0 Å². The van der Waals surface area contributed by atoms with E-state index in [1.807, 2.05) is 6.07 Å². The quantitative estimate of drug-likeness (QED) is 0.472. The molecule has 1 saturated heterocycles. The fourth-order valence-electron chi connectivity index (χ4n) is 4.41. The molecule has 31 heavy (non-hydrogen) atoms. The first-order valence-electron chi connectivity index (χ1n) is 10.5. The van der Waals surface area contributed by atoms with Gasteiger partial charge in [-0.25, -0.2) is 22.9 Å². The molecule has 0 bridgehead atoms. The predicted molar refractivity (Wildman–Crippen MR) is 118 cm³/mol. The van der Waals surface area contributed by atoms with Crippen LogP contribution in [0.4, 0.5) is 0 Å². The lowest BCUT2D eigenvalue weighted by molar-refractivity contribution is 0.0730. The lowest BCUT2D eigenvalue weighted by Crippen LogP contribution is -2.40. The van der Waals surface area contributed by atoms with Crippen LogP contribution in [0.5, 0.6) is 0 Å². The number of benzene rings is 1. The Balaban J connectivity index is 1.45. The predicted octanol–water partition coefficient (Wildman–Crippen LogP) is 2.91. The Kier molecular flexibility index (Phi) is 4.57. The zero-order valence-electron chi connectivity index (χ0n) is 16.8. The van der Waals surface area contributed by atoms with Crippen LogP contribution < -0.4 is 0 Å². The number of thiophene rings is 1. The second kappa shape index (κ2) is 7.33. The lowest BCUT2D eigenvalue weighted by atomic mass is 9.97. The molecule has 0 N–H and O–H groups in total. The van der Waals surface area contributed by atoms with Crippen molar-refractivity contribution in [3.05, 3.63) is 41.0 Å². The van der Waals surface area contributed by atoms with Gasteiger partial charge in [0.2, 0.25) is 10.0 Å². The van der Waals surface area contributed by atoms with Gasteiger partial charge in [0.1, 0.15) is 11.2 Å². The van der Waals surface area contributed by atoms with E-state index in [2.05, 4.69) is 10.1 Å². The van der Waals surface area contributed by atoms with E-state index in [4.69, 9.17) is 9.72 Å². The van der Waals surface area contributed by atoms with Gasteiger partial charge in [0.25, 0.3) is 0 Å². The number of ether oxygens (including phenoxy) is 1. The molecule has 0 amide bonds. The summed E-state index contributed by atoms with van der Waals surface area (Å²) in [5.41, 5.74) is 2.82. The van der Waals surface area contributed by atoms with Crippen molar-refractivity contribution in [3.8, 4) is 11.4 Å². The molecular weight excluding hydrogens is 434 g/mol. The number of morpholine rings is 1. The molecule has 160 valence electrons. The van der Waals surface area contributed by atoms with Crippen LogP contribution in [0.3, 0.4) is 0 Å². The molecule has 2 aliphatic rings. The van der Waals surface area contributed by atoms with Gasteiger partial charge in [-0.1, -0.05) is 12.1 Å². The van der Waals surface area contributed by atoms with Gasteiger partial charge in [-0.15, -0.1) is 16.4 Å². The summed E-state index contributed by atoms with van der Waals surface area (Å²) < 4.78 is 34.6. The first-order valence-corrected chi connectivity index (χ1v) is 12.7. The maximum atomic E-state index is 13.1. The molecular formula is C21H21N5O3S2. The summed E-state index contributed by atoms with van der Waals surface area (Å²) in [6.07, 6.45) is 6.25. The molecule has 1 aromatic carbocycles. The van der Waals surface area contributed by atoms with Crippen molar-refractivity contribution in [2.75, 3.05) is 26.3 Å². The standard InChI is InChI=1S/C21H21N5O3S2/c27-31(28,25-8-10-29-11-9-25)15-5-3-4-14(12-15)19-23-20-18-16-6-1-2-7-17(16)30-21(18)22-13-26(20)24-19/h3-5,12-13H,1-2,6-11H2. The summed E-state index contributed by atoms with van der Waals surface area (Å²) >= 11 is 1.75. The van der Waals surface area contributed by atoms with Gasteiger partial charge in [-0.2, -0.15) is 4.31 Å². The first-order chi connectivity index (χ1) is 15.1. The summed E-state index contributed by atoms with van der Waals surface area (Å²) in [6.45, 7) is 1.57. The molecule has 0 radical (unpaired) electrons. The van der Waals surface area contributed by atoms with Gasteiger partial charge in [0.05, 0.1) is 23.5 Å². The first kappa shape index (κ1) is 19.3. The summed E-state index contributed by atoms with van der Waals surface area (Å²) in [7, 11) is -3.58. The van der Waals surface area contributed by atoms with E-state index >= 15 is 0 Å². The van der Waals surface area contributed by atoms with Gasteiger partial charge in [0, 0.05) is 23.5 Å². The Morgan fingerprint density at radius 3 is 2.81 bits per heavy atom. The minimum absolute atomic E-state index is 0.252. The van der Waals surface area contributed by atoms with E-state index in [-0.39, 0.29) is 4.90 Å². The molecule has 4 aromatic rings. The molecule has 1 aliphatic heterocycles.